The highest BCUT2D eigenvalue weighted by Crippen LogP contribution is 2.20. The van der Waals surface area contributed by atoms with E-state index >= 15 is 0 Å². The summed E-state index contributed by atoms with van der Waals surface area (Å²) in [6, 6.07) is 8.41. The number of aryl methyl sites for hydroxylation is 2. The maximum atomic E-state index is 12.5. The molecule has 0 saturated heterocycles. The van der Waals surface area contributed by atoms with Crippen molar-refractivity contribution in [2.24, 2.45) is 7.05 Å². The largest absolute Gasteiger partial charge is 0.300 e. The maximum absolute atomic E-state index is 12.5. The molecule has 1 aromatic carbocycles. The highest BCUT2D eigenvalue weighted by Gasteiger charge is 2.18. The zero-order valence-corrected chi connectivity index (χ0v) is 12.8. The standard InChI is InChI=1S/C14H14N4O3S/c1-10-5-3-4-6-12(10)16-22(20,21)11-7-13-14(19)17(2)15-9-18(13)8-11/h3-9,16H,1-2H3. The molecule has 0 radical (unpaired) electrons. The molecule has 0 aliphatic carbocycles. The third-order valence-corrected chi connectivity index (χ3v) is 4.72. The molecule has 2 aromatic heterocycles. The maximum Gasteiger partial charge on any atom is 0.290 e. The number of sulfonamides is 1. The SMILES string of the molecule is Cc1ccccc1NS(=O)(=O)c1cc2c(=O)n(C)ncn2c1. The number of aromatic nitrogens is 3. The van der Waals surface area contributed by atoms with Crippen LogP contribution < -0.4 is 10.3 Å². The van der Waals surface area contributed by atoms with Crippen molar-refractivity contribution >= 4 is 21.2 Å². The molecule has 0 amide bonds. The molecular formula is C14H14N4O3S. The molecule has 0 unspecified atom stereocenters. The van der Waals surface area contributed by atoms with Gasteiger partial charge in [0, 0.05) is 13.2 Å². The molecule has 8 heteroatoms. The second-order valence-electron chi connectivity index (χ2n) is 4.95. The number of fused-ring (bicyclic) bond motifs is 1. The molecule has 7 nitrogen and oxygen atoms in total. The van der Waals surface area contributed by atoms with Crippen LogP contribution in [0, 0.1) is 6.92 Å². The summed E-state index contributed by atoms with van der Waals surface area (Å²) in [5.41, 5.74) is 1.21. The summed E-state index contributed by atoms with van der Waals surface area (Å²) in [5.74, 6) is 0. The minimum Gasteiger partial charge on any atom is -0.300 e. The topological polar surface area (TPSA) is 85.5 Å². The number of nitrogens with zero attached hydrogens (tertiary/aromatic N) is 3. The lowest BCUT2D eigenvalue weighted by atomic mass is 10.2. The van der Waals surface area contributed by atoms with Gasteiger partial charge in [-0.05, 0) is 24.6 Å². The summed E-state index contributed by atoms with van der Waals surface area (Å²) in [5, 5.41) is 3.85. The van der Waals surface area contributed by atoms with Crippen molar-refractivity contribution in [1.29, 1.82) is 0 Å². The fraction of sp³-hybridized carbons (Fsp3) is 0.143. The van der Waals surface area contributed by atoms with Crippen molar-refractivity contribution in [2.45, 2.75) is 11.8 Å². The number of benzene rings is 1. The second-order valence-corrected chi connectivity index (χ2v) is 6.63. The van der Waals surface area contributed by atoms with Gasteiger partial charge in [0.2, 0.25) is 0 Å². The highest BCUT2D eigenvalue weighted by molar-refractivity contribution is 7.92. The van der Waals surface area contributed by atoms with Crippen LogP contribution in [0.4, 0.5) is 5.69 Å². The molecule has 22 heavy (non-hydrogen) atoms. The Morgan fingerprint density at radius 1 is 1.23 bits per heavy atom. The van der Waals surface area contributed by atoms with Crippen LogP contribution in [0.3, 0.4) is 0 Å². The van der Waals surface area contributed by atoms with Crippen LogP contribution in [0.15, 0.2) is 52.5 Å². The summed E-state index contributed by atoms with van der Waals surface area (Å²) >= 11 is 0. The van der Waals surface area contributed by atoms with E-state index in [9.17, 15) is 13.2 Å². The van der Waals surface area contributed by atoms with Gasteiger partial charge in [0.05, 0.1) is 5.69 Å². The smallest absolute Gasteiger partial charge is 0.290 e. The van der Waals surface area contributed by atoms with Crippen molar-refractivity contribution in [1.82, 2.24) is 14.2 Å². The van der Waals surface area contributed by atoms with E-state index in [1.165, 1.54) is 30.0 Å². The van der Waals surface area contributed by atoms with Crippen molar-refractivity contribution in [3.63, 3.8) is 0 Å². The molecule has 0 bridgehead atoms. The third kappa shape index (κ3) is 2.37. The highest BCUT2D eigenvalue weighted by atomic mass is 32.2. The van der Waals surface area contributed by atoms with Crippen LogP contribution in [-0.4, -0.2) is 22.6 Å². The Morgan fingerprint density at radius 3 is 2.68 bits per heavy atom. The van der Waals surface area contributed by atoms with Crippen LogP contribution in [0.5, 0.6) is 0 Å². The van der Waals surface area contributed by atoms with E-state index in [1.807, 2.05) is 19.1 Å². The van der Waals surface area contributed by atoms with Crippen LogP contribution in [0.25, 0.3) is 5.52 Å². The van der Waals surface area contributed by atoms with E-state index in [-0.39, 0.29) is 16.0 Å². The van der Waals surface area contributed by atoms with Gasteiger partial charge in [-0.25, -0.2) is 13.1 Å². The van der Waals surface area contributed by atoms with Crippen molar-refractivity contribution in [2.75, 3.05) is 4.72 Å². The van der Waals surface area contributed by atoms with Gasteiger partial charge in [0.25, 0.3) is 15.6 Å². The Kier molecular flexibility index (Phi) is 3.25. The average Bonchev–Trinajstić information content (AvgIpc) is 2.91. The predicted molar refractivity (Wildman–Crippen MR) is 82.4 cm³/mol. The lowest BCUT2D eigenvalue weighted by Gasteiger charge is -2.08. The molecule has 0 aliphatic rings. The van der Waals surface area contributed by atoms with Gasteiger partial charge in [0.1, 0.15) is 16.7 Å². The molecular weight excluding hydrogens is 304 g/mol. The number of hydrogen-bond acceptors (Lipinski definition) is 4. The molecule has 0 spiro atoms. The average molecular weight is 318 g/mol. The van der Waals surface area contributed by atoms with Crippen LogP contribution >= 0.6 is 0 Å². The molecule has 0 atom stereocenters. The fourth-order valence-corrected chi connectivity index (χ4v) is 3.27. The Morgan fingerprint density at radius 2 is 1.95 bits per heavy atom. The van der Waals surface area contributed by atoms with E-state index in [2.05, 4.69) is 9.82 Å². The van der Waals surface area contributed by atoms with Crippen molar-refractivity contribution in [3.8, 4) is 0 Å². The predicted octanol–water partition coefficient (Wildman–Crippen LogP) is 1.14. The fourth-order valence-electron chi connectivity index (χ4n) is 2.11. The minimum absolute atomic E-state index is 0.0147. The Bertz CT molecular complexity index is 1020. The van der Waals surface area contributed by atoms with Crippen molar-refractivity contribution < 1.29 is 8.42 Å². The quantitative estimate of drug-likeness (QED) is 0.785. The Labute approximate surface area is 126 Å². The van der Waals surface area contributed by atoms with E-state index in [1.54, 1.807) is 12.1 Å². The Balaban J connectivity index is 2.08. The van der Waals surface area contributed by atoms with E-state index in [0.29, 0.717) is 5.69 Å². The first-order valence-corrected chi connectivity index (χ1v) is 7.99. The first-order chi connectivity index (χ1) is 10.4. The molecule has 114 valence electrons. The number of nitrogens with one attached hydrogen (secondary N) is 1. The molecule has 0 aliphatic heterocycles. The van der Waals surface area contributed by atoms with E-state index < -0.39 is 10.0 Å². The second kappa shape index (κ2) is 4.99. The minimum atomic E-state index is -3.77. The van der Waals surface area contributed by atoms with E-state index in [0.717, 1.165) is 10.2 Å². The van der Waals surface area contributed by atoms with Gasteiger partial charge in [0.15, 0.2) is 0 Å². The summed E-state index contributed by atoms with van der Waals surface area (Å²) in [6.07, 6.45) is 2.76. The molecule has 1 N–H and O–H groups in total. The molecule has 3 rings (SSSR count). The van der Waals surface area contributed by atoms with Gasteiger partial charge in [-0.3, -0.25) is 13.9 Å². The normalized spacial score (nSPS) is 11.7. The lowest BCUT2D eigenvalue weighted by Crippen LogP contribution is -2.20. The van der Waals surface area contributed by atoms with E-state index in [4.69, 9.17) is 0 Å². The Hall–Kier alpha value is -2.61. The lowest BCUT2D eigenvalue weighted by molar-refractivity contribution is 0.601. The summed E-state index contributed by atoms with van der Waals surface area (Å²) in [4.78, 5) is 12.0. The van der Waals surface area contributed by atoms with Gasteiger partial charge >= 0.3 is 0 Å². The first kappa shape index (κ1) is 14.3. The monoisotopic (exact) mass is 318 g/mol. The zero-order chi connectivity index (χ0) is 15.9. The first-order valence-electron chi connectivity index (χ1n) is 6.51. The van der Waals surface area contributed by atoms with Crippen LogP contribution in [0.1, 0.15) is 5.56 Å². The molecule has 3 aromatic rings. The molecule has 2 heterocycles. The van der Waals surface area contributed by atoms with Crippen LogP contribution in [0.2, 0.25) is 0 Å². The number of rotatable bonds is 3. The number of para-hydroxylation sites is 1. The molecule has 0 saturated carbocycles. The number of hydrogen-bond donors (Lipinski definition) is 1. The molecule has 0 fully saturated rings. The van der Waals surface area contributed by atoms with Crippen LogP contribution in [-0.2, 0) is 17.1 Å². The van der Waals surface area contributed by atoms with Gasteiger partial charge in [-0.2, -0.15) is 5.10 Å². The summed E-state index contributed by atoms with van der Waals surface area (Å²) in [7, 11) is -2.27. The van der Waals surface area contributed by atoms with Gasteiger partial charge in [-0.15, -0.1) is 0 Å². The van der Waals surface area contributed by atoms with Crippen molar-refractivity contribution in [3.05, 3.63) is 58.8 Å². The zero-order valence-electron chi connectivity index (χ0n) is 12.0. The summed E-state index contributed by atoms with van der Waals surface area (Å²) < 4.78 is 30.0. The number of anilines is 1. The third-order valence-electron chi connectivity index (χ3n) is 3.39. The summed E-state index contributed by atoms with van der Waals surface area (Å²) in [6.45, 7) is 1.81. The van der Waals surface area contributed by atoms with Gasteiger partial charge < -0.3 is 0 Å². The van der Waals surface area contributed by atoms with Gasteiger partial charge in [-0.1, -0.05) is 18.2 Å².